The zero-order valence-electron chi connectivity index (χ0n) is 16.6. The number of pyridine rings is 1. The number of benzene rings is 1. The van der Waals surface area contributed by atoms with Crippen LogP contribution >= 0.6 is 0 Å². The molecule has 0 radical (unpaired) electrons. The first-order valence-corrected chi connectivity index (χ1v) is 9.94. The summed E-state index contributed by atoms with van der Waals surface area (Å²) >= 11 is 0. The average molecular weight is 392 g/mol. The third-order valence-electron chi connectivity index (χ3n) is 5.54. The third-order valence-corrected chi connectivity index (χ3v) is 5.54. The second kappa shape index (κ2) is 7.00. The molecule has 2 amide bonds. The maximum Gasteiger partial charge on any atom is 0.327 e. The van der Waals surface area contributed by atoms with Crippen molar-refractivity contribution >= 4 is 34.3 Å². The summed E-state index contributed by atoms with van der Waals surface area (Å²) in [5.41, 5.74) is 4.60. The van der Waals surface area contributed by atoms with Crippen molar-refractivity contribution in [1.29, 1.82) is 0 Å². The summed E-state index contributed by atoms with van der Waals surface area (Å²) in [6, 6.07) is 7.88. The minimum atomic E-state index is -0.176. The van der Waals surface area contributed by atoms with Crippen molar-refractivity contribution in [3.05, 3.63) is 36.0 Å². The van der Waals surface area contributed by atoms with E-state index in [4.69, 9.17) is 0 Å². The Labute approximate surface area is 168 Å². The molecular formula is C20H24N8O. The van der Waals surface area contributed by atoms with Gasteiger partial charge in [-0.25, -0.2) is 9.78 Å². The Kier molecular flexibility index (Phi) is 4.31. The van der Waals surface area contributed by atoms with Gasteiger partial charge < -0.3 is 15.5 Å². The van der Waals surface area contributed by atoms with Gasteiger partial charge in [-0.2, -0.15) is 15.0 Å². The summed E-state index contributed by atoms with van der Waals surface area (Å²) < 4.78 is 0. The number of aromatic nitrogens is 4. The lowest BCUT2D eigenvalue weighted by Gasteiger charge is -2.34. The van der Waals surface area contributed by atoms with Crippen LogP contribution in [-0.2, 0) is 13.5 Å². The second-order valence-electron chi connectivity index (χ2n) is 7.66. The van der Waals surface area contributed by atoms with Crippen molar-refractivity contribution in [2.45, 2.75) is 19.4 Å². The summed E-state index contributed by atoms with van der Waals surface area (Å²) in [6.45, 7) is 5.71. The van der Waals surface area contributed by atoms with Crippen LogP contribution in [0.5, 0.6) is 0 Å². The van der Waals surface area contributed by atoms with E-state index in [1.165, 1.54) is 10.5 Å². The molecule has 2 aromatic heterocycles. The van der Waals surface area contributed by atoms with Crippen LogP contribution in [0, 0.1) is 0 Å². The summed E-state index contributed by atoms with van der Waals surface area (Å²) in [4.78, 5) is 23.1. The second-order valence-corrected chi connectivity index (χ2v) is 7.66. The Morgan fingerprint density at radius 2 is 2.07 bits per heavy atom. The zero-order valence-corrected chi connectivity index (χ0v) is 16.6. The lowest BCUT2D eigenvalue weighted by molar-refractivity contribution is 0.257. The van der Waals surface area contributed by atoms with Crippen LogP contribution in [0.1, 0.15) is 12.5 Å². The number of carbonyl (C=O) groups excluding carboxylic acids is 1. The van der Waals surface area contributed by atoms with Gasteiger partial charge in [0.2, 0.25) is 0 Å². The van der Waals surface area contributed by atoms with Crippen molar-refractivity contribution in [3.8, 4) is 0 Å². The van der Waals surface area contributed by atoms with Crippen LogP contribution < -0.4 is 20.4 Å². The van der Waals surface area contributed by atoms with Crippen LogP contribution in [0.15, 0.2) is 30.5 Å². The summed E-state index contributed by atoms with van der Waals surface area (Å²) in [7, 11) is 1.78. The van der Waals surface area contributed by atoms with E-state index in [1.54, 1.807) is 18.1 Å². The van der Waals surface area contributed by atoms with Crippen molar-refractivity contribution < 1.29 is 4.79 Å². The molecular weight excluding hydrogens is 368 g/mol. The van der Waals surface area contributed by atoms with Gasteiger partial charge in [-0.1, -0.05) is 0 Å². The summed E-state index contributed by atoms with van der Waals surface area (Å²) in [5.74, 6) is 0.756. The monoisotopic (exact) mass is 392 g/mol. The summed E-state index contributed by atoms with van der Waals surface area (Å²) in [6.07, 6.45) is 2.62. The van der Waals surface area contributed by atoms with Crippen LogP contribution in [0.4, 0.5) is 22.0 Å². The largest absolute Gasteiger partial charge is 0.368 e. The van der Waals surface area contributed by atoms with Gasteiger partial charge in [0.1, 0.15) is 16.9 Å². The fraction of sp³-hybridized carbons (Fsp3) is 0.400. The molecule has 9 nitrogen and oxygen atoms in total. The Morgan fingerprint density at radius 3 is 2.93 bits per heavy atom. The maximum absolute atomic E-state index is 13.0. The zero-order chi connectivity index (χ0) is 20.0. The number of anilines is 3. The topological polar surface area (TPSA) is 91.2 Å². The highest BCUT2D eigenvalue weighted by molar-refractivity contribution is 6.03. The van der Waals surface area contributed by atoms with E-state index in [1.807, 2.05) is 18.2 Å². The number of nitrogens with one attached hydrogen (secondary N) is 2. The van der Waals surface area contributed by atoms with Crippen molar-refractivity contribution in [3.63, 3.8) is 0 Å². The highest BCUT2D eigenvalue weighted by atomic mass is 16.2. The van der Waals surface area contributed by atoms with E-state index in [2.05, 4.69) is 43.7 Å². The molecule has 4 heterocycles. The van der Waals surface area contributed by atoms with Crippen LogP contribution in [0.25, 0.3) is 11.0 Å². The molecule has 0 spiro atoms. The van der Waals surface area contributed by atoms with Gasteiger partial charge in [0.05, 0.1) is 0 Å². The van der Waals surface area contributed by atoms with Crippen molar-refractivity contribution in [1.82, 2.24) is 25.3 Å². The molecule has 2 N–H and O–H groups in total. The van der Waals surface area contributed by atoms with E-state index >= 15 is 0 Å². The van der Waals surface area contributed by atoms with Crippen LogP contribution in [-0.4, -0.2) is 58.2 Å². The third kappa shape index (κ3) is 3.27. The first-order valence-electron chi connectivity index (χ1n) is 9.94. The average Bonchev–Trinajstić information content (AvgIpc) is 3.30. The molecule has 2 aliphatic heterocycles. The fourth-order valence-electron chi connectivity index (χ4n) is 4.21. The van der Waals surface area contributed by atoms with Crippen LogP contribution in [0.2, 0.25) is 0 Å². The van der Waals surface area contributed by atoms with Gasteiger partial charge in [0.25, 0.3) is 0 Å². The molecule has 0 saturated carbocycles. The first-order chi connectivity index (χ1) is 14.1. The Hall–Kier alpha value is -3.20. The molecule has 29 heavy (non-hydrogen) atoms. The molecule has 2 aliphatic rings. The number of hydrogen-bond acceptors (Lipinski definition) is 6. The van der Waals surface area contributed by atoms with Crippen LogP contribution in [0.3, 0.4) is 0 Å². The predicted octanol–water partition coefficient (Wildman–Crippen LogP) is 1.76. The molecule has 0 aliphatic carbocycles. The van der Waals surface area contributed by atoms with Gasteiger partial charge in [-0.05, 0) is 37.6 Å². The molecule has 1 fully saturated rings. The minimum absolute atomic E-state index is 0.176. The standard InChI is InChI=1S/C20H24N8O/c1-13-12-27(10-8-21-13)18-5-7-22-19-15(18)6-9-28(19)20(29)23-14-3-4-16-17(11-14)25-26(2)24-16/h3-5,7,11,13,21H,6,8-10,12H2,1-2H3,(H,23,29)/t13-/m1/s1. The number of aryl methyl sites for hydroxylation is 1. The molecule has 150 valence electrons. The minimum Gasteiger partial charge on any atom is -0.368 e. The number of hydrogen-bond donors (Lipinski definition) is 2. The van der Waals surface area contributed by atoms with E-state index in [0.29, 0.717) is 18.3 Å². The highest BCUT2D eigenvalue weighted by Crippen LogP contribution is 2.34. The van der Waals surface area contributed by atoms with Crippen molar-refractivity contribution in [2.24, 2.45) is 7.05 Å². The molecule has 0 bridgehead atoms. The molecule has 3 aromatic rings. The van der Waals surface area contributed by atoms with E-state index < -0.39 is 0 Å². The van der Waals surface area contributed by atoms with Gasteiger partial charge in [-0.15, -0.1) is 0 Å². The maximum atomic E-state index is 13.0. The molecule has 1 atom stereocenters. The lowest BCUT2D eigenvalue weighted by Crippen LogP contribution is -2.49. The number of urea groups is 1. The molecule has 9 heteroatoms. The van der Waals surface area contributed by atoms with Gasteiger partial charge in [0, 0.05) is 62.4 Å². The Balaban J connectivity index is 1.38. The Morgan fingerprint density at radius 1 is 1.21 bits per heavy atom. The smallest absolute Gasteiger partial charge is 0.327 e. The molecule has 0 unspecified atom stereocenters. The fourth-order valence-corrected chi connectivity index (χ4v) is 4.21. The quantitative estimate of drug-likeness (QED) is 0.691. The summed E-state index contributed by atoms with van der Waals surface area (Å²) in [5, 5.41) is 15.0. The van der Waals surface area contributed by atoms with Gasteiger partial charge in [-0.3, -0.25) is 4.90 Å². The first kappa shape index (κ1) is 17.9. The van der Waals surface area contributed by atoms with E-state index in [9.17, 15) is 4.79 Å². The number of amides is 2. The molecule has 5 rings (SSSR count). The van der Waals surface area contributed by atoms with Gasteiger partial charge >= 0.3 is 6.03 Å². The van der Waals surface area contributed by atoms with Crippen molar-refractivity contribution in [2.75, 3.05) is 41.3 Å². The van der Waals surface area contributed by atoms with E-state index in [-0.39, 0.29) is 6.03 Å². The Bertz CT molecular complexity index is 1080. The number of carbonyl (C=O) groups is 1. The SMILES string of the molecule is C[C@@H]1CN(c2ccnc3c2CCN3C(=O)Nc2ccc3nn(C)nc3c2)CCN1. The van der Waals surface area contributed by atoms with E-state index in [0.717, 1.165) is 48.5 Å². The molecule has 1 aromatic carbocycles. The predicted molar refractivity (Wildman–Crippen MR) is 112 cm³/mol. The number of piperazine rings is 1. The highest BCUT2D eigenvalue weighted by Gasteiger charge is 2.30. The van der Waals surface area contributed by atoms with Gasteiger partial charge in [0.15, 0.2) is 0 Å². The normalized spacial score (nSPS) is 18.9. The molecule has 1 saturated heterocycles. The lowest BCUT2D eigenvalue weighted by atomic mass is 10.1. The number of rotatable bonds is 2. The number of nitrogens with zero attached hydrogens (tertiary/aromatic N) is 6. The number of fused-ring (bicyclic) bond motifs is 2.